The second kappa shape index (κ2) is 4.40. The van der Waals surface area contributed by atoms with Gasteiger partial charge in [-0.3, -0.25) is 4.90 Å². The summed E-state index contributed by atoms with van der Waals surface area (Å²) < 4.78 is 0. The lowest BCUT2D eigenvalue weighted by molar-refractivity contribution is -0.0558. The third kappa shape index (κ3) is 1.81. The van der Waals surface area contributed by atoms with Crippen LogP contribution in [-0.4, -0.2) is 55.1 Å². The second-order valence-corrected chi connectivity index (χ2v) is 5.28. The van der Waals surface area contributed by atoms with Crippen molar-refractivity contribution >= 4 is 0 Å². The van der Waals surface area contributed by atoms with E-state index in [0.717, 1.165) is 12.5 Å². The summed E-state index contributed by atoms with van der Waals surface area (Å²) in [6, 6.07) is 0. The second-order valence-electron chi connectivity index (χ2n) is 5.28. The van der Waals surface area contributed by atoms with Crippen LogP contribution in [0, 0.1) is 5.92 Å². The van der Waals surface area contributed by atoms with E-state index in [1.807, 2.05) is 0 Å². The van der Waals surface area contributed by atoms with Gasteiger partial charge in [0.2, 0.25) is 0 Å². The highest BCUT2D eigenvalue weighted by atomic mass is 15.3. The van der Waals surface area contributed by atoms with Crippen molar-refractivity contribution in [3.8, 4) is 0 Å². The largest absolute Gasteiger partial charge is 0.329 e. The fourth-order valence-corrected chi connectivity index (χ4v) is 3.52. The molecule has 1 atom stereocenters. The first-order chi connectivity index (χ1) is 7.23. The Morgan fingerprint density at radius 3 is 2.47 bits per heavy atom. The van der Waals surface area contributed by atoms with Gasteiger partial charge in [0.05, 0.1) is 0 Å². The zero-order valence-electron chi connectivity index (χ0n) is 10.2. The molecule has 15 heavy (non-hydrogen) atoms. The molecule has 0 spiro atoms. The summed E-state index contributed by atoms with van der Waals surface area (Å²) in [5, 5.41) is 0. The van der Waals surface area contributed by atoms with Gasteiger partial charge in [-0.2, -0.15) is 0 Å². The van der Waals surface area contributed by atoms with Gasteiger partial charge < -0.3 is 10.6 Å². The maximum Gasteiger partial charge on any atom is 0.0484 e. The molecule has 0 radical (unpaired) electrons. The molecular formula is C12H25N3. The molecule has 3 heterocycles. The Labute approximate surface area is 93.6 Å². The molecule has 0 aromatic carbocycles. The predicted octanol–water partition coefficient (Wildman–Crippen LogP) is 0.751. The van der Waals surface area contributed by atoms with Gasteiger partial charge in [-0.15, -0.1) is 0 Å². The lowest BCUT2D eigenvalue weighted by Crippen LogP contribution is -2.69. The van der Waals surface area contributed by atoms with E-state index in [9.17, 15) is 0 Å². The molecule has 3 saturated heterocycles. The predicted molar refractivity (Wildman–Crippen MR) is 63.9 cm³/mol. The van der Waals surface area contributed by atoms with Gasteiger partial charge >= 0.3 is 0 Å². The van der Waals surface area contributed by atoms with Crippen LogP contribution >= 0.6 is 0 Å². The molecule has 0 aromatic heterocycles. The molecule has 2 bridgehead atoms. The molecular weight excluding hydrogens is 186 g/mol. The molecule has 3 aliphatic rings. The van der Waals surface area contributed by atoms with Gasteiger partial charge in [0.25, 0.3) is 0 Å². The van der Waals surface area contributed by atoms with Crippen molar-refractivity contribution in [2.45, 2.75) is 31.7 Å². The van der Waals surface area contributed by atoms with E-state index >= 15 is 0 Å². The molecule has 3 rings (SSSR count). The molecule has 2 N–H and O–H groups in total. The molecule has 3 aliphatic heterocycles. The third-order valence-corrected chi connectivity index (χ3v) is 4.52. The topological polar surface area (TPSA) is 32.5 Å². The van der Waals surface area contributed by atoms with E-state index in [1.54, 1.807) is 0 Å². The van der Waals surface area contributed by atoms with Crippen molar-refractivity contribution in [2.24, 2.45) is 11.7 Å². The first kappa shape index (κ1) is 11.4. The number of fused-ring (bicyclic) bond motifs is 3. The number of hydrogen-bond acceptors (Lipinski definition) is 3. The molecule has 1 unspecified atom stereocenters. The van der Waals surface area contributed by atoms with Crippen LogP contribution in [0.4, 0.5) is 0 Å². The number of likely N-dealkylation sites (N-methyl/N-ethyl adjacent to an activating group) is 1. The van der Waals surface area contributed by atoms with Gasteiger partial charge in [0, 0.05) is 18.6 Å². The van der Waals surface area contributed by atoms with Crippen molar-refractivity contribution < 1.29 is 0 Å². The van der Waals surface area contributed by atoms with Gasteiger partial charge in [-0.25, -0.2) is 0 Å². The lowest BCUT2D eigenvalue weighted by atomic mass is 9.72. The average Bonchev–Trinajstić information content (AvgIpc) is 2.30. The van der Waals surface area contributed by atoms with Crippen LogP contribution < -0.4 is 5.73 Å². The van der Waals surface area contributed by atoms with Crippen LogP contribution in [0.5, 0.6) is 0 Å². The summed E-state index contributed by atoms with van der Waals surface area (Å²) in [6.07, 6.45) is 3.93. The highest BCUT2D eigenvalue weighted by molar-refractivity contribution is 5.05. The molecule has 0 saturated carbocycles. The summed E-state index contributed by atoms with van der Waals surface area (Å²) in [7, 11) is 2.26. The first-order valence-electron chi connectivity index (χ1n) is 6.36. The van der Waals surface area contributed by atoms with Crippen LogP contribution in [0.1, 0.15) is 26.2 Å². The van der Waals surface area contributed by atoms with E-state index in [2.05, 4.69) is 23.8 Å². The van der Waals surface area contributed by atoms with Gasteiger partial charge in [0.1, 0.15) is 0 Å². The molecule has 88 valence electrons. The van der Waals surface area contributed by atoms with E-state index in [1.165, 1.54) is 45.4 Å². The van der Waals surface area contributed by atoms with Gasteiger partial charge in [-0.1, -0.05) is 6.92 Å². The van der Waals surface area contributed by atoms with E-state index < -0.39 is 0 Å². The fourth-order valence-electron chi connectivity index (χ4n) is 3.52. The number of hydrogen-bond donors (Lipinski definition) is 1. The molecule has 0 aromatic rings. The minimum Gasteiger partial charge on any atom is -0.329 e. The first-order valence-corrected chi connectivity index (χ1v) is 6.36. The van der Waals surface area contributed by atoms with Crippen molar-refractivity contribution in [3.05, 3.63) is 0 Å². The average molecular weight is 211 g/mol. The zero-order chi connectivity index (χ0) is 10.9. The fraction of sp³-hybridized carbons (Fsp3) is 1.00. The van der Waals surface area contributed by atoms with Crippen LogP contribution in [0.3, 0.4) is 0 Å². The molecule has 3 fully saturated rings. The summed E-state index contributed by atoms with van der Waals surface area (Å²) in [6.45, 7) is 8.05. The van der Waals surface area contributed by atoms with Crippen LogP contribution in [0.25, 0.3) is 0 Å². The van der Waals surface area contributed by atoms with E-state index in [4.69, 9.17) is 5.73 Å². The Morgan fingerprint density at radius 2 is 2.07 bits per heavy atom. The quantitative estimate of drug-likeness (QED) is 0.745. The number of nitrogens with two attached hydrogens (primary N) is 1. The lowest BCUT2D eigenvalue weighted by Gasteiger charge is -2.57. The SMILES string of the molecule is CCCN(C)C1(CN)CN2CCC1CC2. The number of rotatable bonds is 4. The van der Waals surface area contributed by atoms with Gasteiger partial charge in [-0.05, 0) is 51.9 Å². The van der Waals surface area contributed by atoms with Crippen molar-refractivity contribution in [3.63, 3.8) is 0 Å². The normalized spacial score (nSPS) is 40.0. The summed E-state index contributed by atoms with van der Waals surface area (Å²) >= 11 is 0. The standard InChI is InChI=1S/C12H25N3/c1-3-6-14(2)12(9-13)10-15-7-4-11(12)5-8-15/h11H,3-10,13H2,1-2H3. The van der Waals surface area contributed by atoms with Crippen molar-refractivity contribution in [1.29, 1.82) is 0 Å². The number of nitrogens with zero attached hydrogens (tertiary/aromatic N) is 2. The third-order valence-electron chi connectivity index (χ3n) is 4.52. The Bertz CT molecular complexity index is 211. The summed E-state index contributed by atoms with van der Waals surface area (Å²) in [5.74, 6) is 0.837. The van der Waals surface area contributed by atoms with E-state index in [0.29, 0.717) is 0 Å². The Balaban J connectivity index is 2.13. The Kier molecular flexibility index (Phi) is 3.33. The van der Waals surface area contributed by atoms with Crippen molar-refractivity contribution in [2.75, 3.05) is 39.8 Å². The summed E-state index contributed by atoms with van der Waals surface area (Å²) in [5.41, 5.74) is 6.37. The maximum atomic E-state index is 6.09. The van der Waals surface area contributed by atoms with Crippen molar-refractivity contribution in [1.82, 2.24) is 9.80 Å². The molecule has 0 aliphatic carbocycles. The molecule has 3 nitrogen and oxygen atoms in total. The van der Waals surface area contributed by atoms with E-state index in [-0.39, 0.29) is 5.54 Å². The van der Waals surface area contributed by atoms with Crippen LogP contribution in [-0.2, 0) is 0 Å². The van der Waals surface area contributed by atoms with Crippen LogP contribution in [0.2, 0.25) is 0 Å². The maximum absolute atomic E-state index is 6.09. The minimum absolute atomic E-state index is 0.284. The monoisotopic (exact) mass is 211 g/mol. The Morgan fingerprint density at radius 1 is 1.40 bits per heavy atom. The minimum atomic E-state index is 0.284. The zero-order valence-corrected chi connectivity index (χ0v) is 10.2. The van der Waals surface area contributed by atoms with Gasteiger partial charge in [0.15, 0.2) is 0 Å². The molecule has 0 amide bonds. The molecule has 3 heteroatoms. The number of piperidine rings is 3. The summed E-state index contributed by atoms with van der Waals surface area (Å²) in [4.78, 5) is 5.13. The smallest absolute Gasteiger partial charge is 0.0484 e. The highest BCUT2D eigenvalue weighted by Gasteiger charge is 2.47. The Hall–Kier alpha value is -0.120. The van der Waals surface area contributed by atoms with Crippen LogP contribution in [0.15, 0.2) is 0 Å². The highest BCUT2D eigenvalue weighted by Crippen LogP contribution is 2.38.